The van der Waals surface area contributed by atoms with Gasteiger partial charge in [0.05, 0.1) is 11.6 Å². The summed E-state index contributed by atoms with van der Waals surface area (Å²) in [5.41, 5.74) is 4.00. The van der Waals surface area contributed by atoms with Gasteiger partial charge < -0.3 is 19.1 Å². The van der Waals surface area contributed by atoms with Crippen LogP contribution in [0.5, 0.6) is 11.5 Å². The fourth-order valence-corrected chi connectivity index (χ4v) is 5.17. The number of benzene rings is 3. The first-order chi connectivity index (χ1) is 16.7. The largest absolute Gasteiger partial charge is 0.486 e. The minimum atomic E-state index is -0.344. The monoisotopic (exact) mass is 455 g/mol. The van der Waals surface area contributed by atoms with Gasteiger partial charge in [-0.15, -0.1) is 0 Å². The molecule has 0 radical (unpaired) electrons. The van der Waals surface area contributed by atoms with Crippen LogP contribution in [0.2, 0.25) is 0 Å². The third-order valence-corrected chi connectivity index (χ3v) is 6.86. The smallest absolute Gasteiger partial charge is 0.339 e. The van der Waals surface area contributed by atoms with Gasteiger partial charge in [-0.3, -0.25) is 4.79 Å². The zero-order valence-electron chi connectivity index (χ0n) is 18.7. The first-order valence-electron chi connectivity index (χ1n) is 11.8. The number of rotatable bonds is 3. The quantitative estimate of drug-likeness (QED) is 0.526. The molecule has 0 bridgehead atoms. The Balaban J connectivity index is 1.27. The van der Waals surface area contributed by atoms with Gasteiger partial charge in [-0.25, -0.2) is 4.79 Å². The Labute approximate surface area is 198 Å². The van der Waals surface area contributed by atoms with E-state index in [1.165, 1.54) is 0 Å². The van der Waals surface area contributed by atoms with Crippen LogP contribution in [0, 0.1) is 0 Å². The van der Waals surface area contributed by atoms with Crippen molar-refractivity contribution in [2.75, 3.05) is 19.8 Å². The van der Waals surface area contributed by atoms with E-state index in [1.54, 1.807) is 12.1 Å². The lowest BCUT2D eigenvalue weighted by Gasteiger charge is -2.28. The Morgan fingerprint density at radius 1 is 0.882 bits per heavy atom. The first-order valence-corrected chi connectivity index (χ1v) is 11.8. The van der Waals surface area contributed by atoms with Crippen LogP contribution < -0.4 is 9.47 Å². The maximum atomic E-state index is 13.6. The molecule has 3 aromatic carbocycles. The van der Waals surface area contributed by atoms with E-state index in [1.807, 2.05) is 59.5 Å². The maximum absolute atomic E-state index is 13.6. The Hall–Kier alpha value is -3.80. The van der Waals surface area contributed by atoms with Crippen molar-refractivity contribution in [2.45, 2.75) is 31.4 Å². The van der Waals surface area contributed by atoms with E-state index < -0.39 is 0 Å². The lowest BCUT2D eigenvalue weighted by atomic mass is 9.93. The van der Waals surface area contributed by atoms with Crippen molar-refractivity contribution < 1.29 is 23.8 Å². The standard InChI is InChI=1S/C28H25NO5/c30-27(29-12-4-7-23(29)19-9-11-24-26(16-19)33-14-13-32-24)20-8-10-22-21(15-20)17-25(34-28(22)31)18-5-2-1-3-6-18/h1-3,5-6,8-11,15-16,23,25H,4,7,12-14,17H2. The molecule has 3 heterocycles. The highest BCUT2D eigenvalue weighted by Crippen LogP contribution is 2.39. The summed E-state index contributed by atoms with van der Waals surface area (Å²) in [5.74, 6) is 1.13. The molecule has 2 unspecified atom stereocenters. The Morgan fingerprint density at radius 2 is 1.71 bits per heavy atom. The maximum Gasteiger partial charge on any atom is 0.339 e. The fourth-order valence-electron chi connectivity index (χ4n) is 5.17. The predicted octanol–water partition coefficient (Wildman–Crippen LogP) is 4.89. The molecular formula is C28H25NO5. The highest BCUT2D eigenvalue weighted by atomic mass is 16.6. The SMILES string of the molecule is O=C1OC(c2ccccc2)Cc2cc(C(=O)N3CCCC3c3ccc4c(c3)OCCO4)ccc21. The van der Waals surface area contributed by atoms with Gasteiger partial charge in [-0.2, -0.15) is 0 Å². The van der Waals surface area contributed by atoms with Crippen molar-refractivity contribution in [1.29, 1.82) is 0 Å². The van der Waals surface area contributed by atoms with Gasteiger partial charge in [0, 0.05) is 18.5 Å². The summed E-state index contributed by atoms with van der Waals surface area (Å²) in [7, 11) is 0. The minimum absolute atomic E-state index is 0.0126. The molecule has 1 amide bonds. The van der Waals surface area contributed by atoms with Gasteiger partial charge in [-0.05, 0) is 59.9 Å². The van der Waals surface area contributed by atoms with E-state index in [2.05, 4.69) is 0 Å². The molecule has 6 nitrogen and oxygen atoms in total. The number of fused-ring (bicyclic) bond motifs is 2. The van der Waals surface area contributed by atoms with Gasteiger partial charge in [-0.1, -0.05) is 36.4 Å². The molecule has 3 aromatic rings. The molecule has 0 saturated carbocycles. The van der Waals surface area contributed by atoms with Crippen LogP contribution >= 0.6 is 0 Å². The van der Waals surface area contributed by atoms with Gasteiger partial charge in [0.2, 0.25) is 0 Å². The number of likely N-dealkylation sites (tertiary alicyclic amines) is 1. The number of carbonyl (C=O) groups excluding carboxylic acids is 2. The number of esters is 1. The molecule has 0 N–H and O–H groups in total. The van der Waals surface area contributed by atoms with E-state index in [9.17, 15) is 9.59 Å². The molecule has 1 saturated heterocycles. The number of amides is 1. The van der Waals surface area contributed by atoms with Crippen molar-refractivity contribution >= 4 is 11.9 Å². The van der Waals surface area contributed by atoms with E-state index in [0.717, 1.165) is 41.0 Å². The first kappa shape index (κ1) is 20.8. The number of nitrogens with zero attached hydrogens (tertiary/aromatic N) is 1. The molecule has 3 aliphatic heterocycles. The molecule has 2 atom stereocenters. The van der Waals surface area contributed by atoms with Crippen molar-refractivity contribution in [2.24, 2.45) is 0 Å². The third-order valence-electron chi connectivity index (χ3n) is 6.86. The average molecular weight is 456 g/mol. The van der Waals surface area contributed by atoms with Crippen LogP contribution in [0.3, 0.4) is 0 Å². The number of carbonyl (C=O) groups is 2. The summed E-state index contributed by atoms with van der Waals surface area (Å²) in [6.07, 6.45) is 2.05. The van der Waals surface area contributed by atoms with Crippen molar-refractivity contribution in [1.82, 2.24) is 4.90 Å². The summed E-state index contributed by atoms with van der Waals surface area (Å²) >= 11 is 0. The van der Waals surface area contributed by atoms with Gasteiger partial charge in [0.15, 0.2) is 11.5 Å². The molecule has 3 aliphatic rings. The topological polar surface area (TPSA) is 65.1 Å². The Morgan fingerprint density at radius 3 is 2.56 bits per heavy atom. The predicted molar refractivity (Wildman–Crippen MR) is 125 cm³/mol. The summed E-state index contributed by atoms with van der Waals surface area (Å²) in [5, 5.41) is 0. The van der Waals surface area contributed by atoms with Crippen molar-refractivity contribution in [3.8, 4) is 11.5 Å². The zero-order valence-corrected chi connectivity index (χ0v) is 18.7. The second-order valence-corrected chi connectivity index (χ2v) is 8.94. The number of hydrogen-bond acceptors (Lipinski definition) is 5. The summed E-state index contributed by atoms with van der Waals surface area (Å²) in [6, 6.07) is 21.0. The van der Waals surface area contributed by atoms with E-state index >= 15 is 0 Å². The normalized spacial score (nSPS) is 21.1. The van der Waals surface area contributed by atoms with Gasteiger partial charge >= 0.3 is 5.97 Å². The molecule has 1 fully saturated rings. The Bertz CT molecular complexity index is 1250. The van der Waals surface area contributed by atoms with Crippen LogP contribution in [-0.4, -0.2) is 36.5 Å². The molecule has 0 spiro atoms. The van der Waals surface area contributed by atoms with Crippen LogP contribution in [-0.2, 0) is 11.2 Å². The van der Waals surface area contributed by atoms with Crippen molar-refractivity contribution in [3.05, 3.63) is 94.5 Å². The second kappa shape index (κ2) is 8.52. The van der Waals surface area contributed by atoms with Crippen molar-refractivity contribution in [3.63, 3.8) is 0 Å². The second-order valence-electron chi connectivity index (χ2n) is 8.94. The minimum Gasteiger partial charge on any atom is -0.486 e. The Kier molecular flexibility index (Phi) is 5.21. The molecule has 0 aliphatic carbocycles. The van der Waals surface area contributed by atoms with Gasteiger partial charge in [0.25, 0.3) is 5.91 Å². The van der Waals surface area contributed by atoms with Crippen LogP contribution in [0.15, 0.2) is 66.7 Å². The zero-order chi connectivity index (χ0) is 23.1. The van der Waals surface area contributed by atoms with Crippen LogP contribution in [0.1, 0.15) is 62.4 Å². The molecule has 34 heavy (non-hydrogen) atoms. The lowest BCUT2D eigenvalue weighted by Crippen LogP contribution is -2.31. The van der Waals surface area contributed by atoms with E-state index in [0.29, 0.717) is 37.3 Å². The van der Waals surface area contributed by atoms with Crippen LogP contribution in [0.4, 0.5) is 0 Å². The molecular weight excluding hydrogens is 430 g/mol. The van der Waals surface area contributed by atoms with E-state index in [4.69, 9.17) is 14.2 Å². The molecule has 6 heteroatoms. The number of hydrogen-bond donors (Lipinski definition) is 0. The molecule has 0 aromatic heterocycles. The number of ether oxygens (including phenoxy) is 3. The highest BCUT2D eigenvalue weighted by molar-refractivity contribution is 5.98. The average Bonchev–Trinajstić information content (AvgIpc) is 3.38. The number of cyclic esters (lactones) is 1. The van der Waals surface area contributed by atoms with Gasteiger partial charge in [0.1, 0.15) is 19.3 Å². The summed E-state index contributed by atoms with van der Waals surface area (Å²) < 4.78 is 17.1. The molecule has 6 rings (SSSR count). The van der Waals surface area contributed by atoms with Crippen LogP contribution in [0.25, 0.3) is 0 Å². The highest BCUT2D eigenvalue weighted by Gasteiger charge is 2.33. The third kappa shape index (κ3) is 3.69. The summed E-state index contributed by atoms with van der Waals surface area (Å²) in [4.78, 5) is 28.1. The van der Waals surface area contributed by atoms with E-state index in [-0.39, 0.29) is 24.0 Å². The fraction of sp³-hybridized carbons (Fsp3) is 0.286. The summed E-state index contributed by atoms with van der Waals surface area (Å²) in [6.45, 7) is 1.78. The lowest BCUT2D eigenvalue weighted by molar-refractivity contribution is 0.0252. The molecule has 172 valence electrons.